The van der Waals surface area contributed by atoms with E-state index in [1.54, 1.807) is 0 Å². The standard InChI is InChI=1S/C21H24ClNO3/c22-18-6-4-16(5-7-18)12-21(14-24)8-10-23(11-9-21)13-17-2-1-3-19-20(17)26-15-25-19/h1-7,24H,8-15H2. The topological polar surface area (TPSA) is 41.9 Å². The Morgan fingerprint density at radius 1 is 1.04 bits per heavy atom. The van der Waals surface area contributed by atoms with E-state index in [-0.39, 0.29) is 12.0 Å². The number of fused-ring (bicyclic) bond motifs is 1. The average Bonchev–Trinajstić information content (AvgIpc) is 3.15. The molecule has 2 heterocycles. The molecule has 4 nitrogen and oxygen atoms in total. The summed E-state index contributed by atoms with van der Waals surface area (Å²) in [5.41, 5.74) is 2.38. The van der Waals surface area contributed by atoms with Crippen LogP contribution in [-0.2, 0) is 13.0 Å². The quantitative estimate of drug-likeness (QED) is 0.863. The van der Waals surface area contributed by atoms with Crippen molar-refractivity contribution in [3.8, 4) is 11.5 Å². The number of piperidine rings is 1. The monoisotopic (exact) mass is 373 g/mol. The van der Waals surface area contributed by atoms with Gasteiger partial charge >= 0.3 is 0 Å². The van der Waals surface area contributed by atoms with Crippen molar-refractivity contribution in [2.24, 2.45) is 5.41 Å². The van der Waals surface area contributed by atoms with E-state index in [1.165, 1.54) is 11.1 Å². The Kier molecular flexibility index (Phi) is 5.07. The number of hydrogen-bond donors (Lipinski definition) is 1. The number of rotatable bonds is 5. The number of aliphatic hydroxyl groups excluding tert-OH is 1. The van der Waals surface area contributed by atoms with Crippen LogP contribution in [0.1, 0.15) is 24.0 Å². The lowest BCUT2D eigenvalue weighted by Crippen LogP contribution is -2.42. The van der Waals surface area contributed by atoms with Crippen molar-refractivity contribution in [3.63, 3.8) is 0 Å². The number of nitrogens with zero attached hydrogens (tertiary/aromatic N) is 1. The highest BCUT2D eigenvalue weighted by atomic mass is 35.5. The highest BCUT2D eigenvalue weighted by Crippen LogP contribution is 2.38. The smallest absolute Gasteiger partial charge is 0.231 e. The minimum Gasteiger partial charge on any atom is -0.454 e. The SMILES string of the molecule is OCC1(Cc2ccc(Cl)cc2)CCN(Cc2cccc3c2OCO3)CC1. The van der Waals surface area contributed by atoms with Crippen LogP contribution in [-0.4, -0.2) is 36.5 Å². The molecule has 0 spiro atoms. The zero-order valence-corrected chi connectivity index (χ0v) is 15.5. The predicted octanol–water partition coefficient (Wildman–Crippen LogP) is 3.89. The van der Waals surface area contributed by atoms with Gasteiger partial charge in [0.05, 0.1) is 0 Å². The zero-order chi connectivity index (χ0) is 18.0. The van der Waals surface area contributed by atoms with Gasteiger partial charge in [0.1, 0.15) is 0 Å². The van der Waals surface area contributed by atoms with Crippen LogP contribution >= 0.6 is 11.6 Å². The first-order chi connectivity index (χ1) is 12.7. The highest BCUT2D eigenvalue weighted by Gasteiger charge is 2.34. The molecule has 0 aromatic heterocycles. The van der Waals surface area contributed by atoms with Crippen molar-refractivity contribution in [1.82, 2.24) is 4.90 Å². The maximum atomic E-state index is 10.1. The van der Waals surface area contributed by atoms with Crippen molar-refractivity contribution in [2.75, 3.05) is 26.5 Å². The van der Waals surface area contributed by atoms with Gasteiger partial charge in [-0.25, -0.2) is 0 Å². The Bertz CT molecular complexity index is 754. The molecular weight excluding hydrogens is 350 g/mol. The number of aliphatic hydroxyl groups is 1. The van der Waals surface area contributed by atoms with E-state index in [9.17, 15) is 5.11 Å². The first-order valence-electron chi connectivity index (χ1n) is 9.13. The molecule has 5 heteroatoms. The van der Waals surface area contributed by atoms with Gasteiger partial charge in [0, 0.05) is 23.7 Å². The van der Waals surface area contributed by atoms with E-state index in [0.29, 0.717) is 6.79 Å². The Labute approximate surface area is 159 Å². The third-order valence-electron chi connectivity index (χ3n) is 5.62. The summed E-state index contributed by atoms with van der Waals surface area (Å²) in [4.78, 5) is 2.44. The van der Waals surface area contributed by atoms with E-state index in [0.717, 1.165) is 55.4 Å². The normalized spacial score (nSPS) is 18.8. The molecule has 2 aliphatic heterocycles. The molecule has 0 unspecified atom stereocenters. The van der Waals surface area contributed by atoms with Crippen LogP contribution in [0, 0.1) is 5.41 Å². The Balaban J connectivity index is 1.39. The van der Waals surface area contributed by atoms with Gasteiger partial charge in [-0.15, -0.1) is 0 Å². The summed E-state index contributed by atoms with van der Waals surface area (Å²) >= 11 is 5.98. The Morgan fingerprint density at radius 3 is 2.54 bits per heavy atom. The number of ether oxygens (including phenoxy) is 2. The molecule has 4 rings (SSSR count). The molecule has 0 amide bonds. The van der Waals surface area contributed by atoms with Crippen LogP contribution in [0.3, 0.4) is 0 Å². The number of para-hydroxylation sites is 1. The summed E-state index contributed by atoms with van der Waals surface area (Å²) in [6.45, 7) is 3.33. The summed E-state index contributed by atoms with van der Waals surface area (Å²) in [7, 11) is 0. The summed E-state index contributed by atoms with van der Waals surface area (Å²) < 4.78 is 11.1. The Hall–Kier alpha value is -1.75. The first-order valence-corrected chi connectivity index (χ1v) is 9.50. The lowest BCUT2D eigenvalue weighted by molar-refractivity contribution is 0.0410. The first kappa shape index (κ1) is 17.7. The van der Waals surface area contributed by atoms with Crippen molar-refractivity contribution >= 4 is 11.6 Å². The minimum atomic E-state index is -0.0391. The van der Waals surface area contributed by atoms with Crippen LogP contribution in [0.5, 0.6) is 11.5 Å². The van der Waals surface area contributed by atoms with Crippen molar-refractivity contribution < 1.29 is 14.6 Å². The van der Waals surface area contributed by atoms with E-state index in [4.69, 9.17) is 21.1 Å². The molecule has 0 atom stereocenters. The second-order valence-electron chi connectivity index (χ2n) is 7.39. The minimum absolute atomic E-state index is 0.0391. The molecule has 0 aliphatic carbocycles. The van der Waals surface area contributed by atoms with Crippen LogP contribution in [0.15, 0.2) is 42.5 Å². The molecule has 0 radical (unpaired) electrons. The fourth-order valence-corrected chi connectivity index (χ4v) is 4.09. The fourth-order valence-electron chi connectivity index (χ4n) is 3.97. The van der Waals surface area contributed by atoms with E-state index < -0.39 is 0 Å². The van der Waals surface area contributed by atoms with Gasteiger partial charge in [-0.2, -0.15) is 0 Å². The van der Waals surface area contributed by atoms with Gasteiger partial charge in [-0.1, -0.05) is 35.9 Å². The van der Waals surface area contributed by atoms with Crippen molar-refractivity contribution in [1.29, 1.82) is 0 Å². The lowest BCUT2D eigenvalue weighted by Gasteiger charge is -2.41. The number of likely N-dealkylation sites (tertiary alicyclic amines) is 1. The molecule has 0 bridgehead atoms. The zero-order valence-electron chi connectivity index (χ0n) is 14.8. The second kappa shape index (κ2) is 7.47. The summed E-state index contributed by atoms with van der Waals surface area (Å²) in [5.74, 6) is 1.72. The third-order valence-corrected chi connectivity index (χ3v) is 5.87. The average molecular weight is 374 g/mol. The molecule has 2 aliphatic rings. The molecule has 0 saturated carbocycles. The largest absolute Gasteiger partial charge is 0.454 e. The molecule has 1 N–H and O–H groups in total. The highest BCUT2D eigenvalue weighted by molar-refractivity contribution is 6.30. The van der Waals surface area contributed by atoms with Gasteiger partial charge in [-0.05, 0) is 61.5 Å². The molecular formula is C21H24ClNO3. The van der Waals surface area contributed by atoms with Gasteiger partial charge in [0.25, 0.3) is 0 Å². The van der Waals surface area contributed by atoms with Crippen LogP contribution < -0.4 is 9.47 Å². The van der Waals surface area contributed by atoms with Gasteiger partial charge < -0.3 is 14.6 Å². The maximum absolute atomic E-state index is 10.1. The van der Waals surface area contributed by atoms with E-state index >= 15 is 0 Å². The molecule has 1 fully saturated rings. The fraction of sp³-hybridized carbons (Fsp3) is 0.429. The third kappa shape index (κ3) is 3.68. The number of hydrogen-bond acceptors (Lipinski definition) is 4. The second-order valence-corrected chi connectivity index (χ2v) is 7.82. The van der Waals surface area contributed by atoms with Gasteiger partial charge in [0.15, 0.2) is 11.5 Å². The Morgan fingerprint density at radius 2 is 1.81 bits per heavy atom. The van der Waals surface area contributed by atoms with Gasteiger partial charge in [-0.3, -0.25) is 4.90 Å². The molecule has 138 valence electrons. The number of halogens is 1. The van der Waals surface area contributed by atoms with Crippen LogP contribution in [0.2, 0.25) is 5.02 Å². The molecule has 2 aromatic carbocycles. The summed E-state index contributed by atoms with van der Waals surface area (Å²) in [6, 6.07) is 14.1. The molecule has 26 heavy (non-hydrogen) atoms. The van der Waals surface area contributed by atoms with Gasteiger partial charge in [0.2, 0.25) is 6.79 Å². The lowest BCUT2D eigenvalue weighted by atomic mass is 9.74. The number of benzene rings is 2. The van der Waals surface area contributed by atoms with Crippen molar-refractivity contribution in [3.05, 3.63) is 58.6 Å². The van der Waals surface area contributed by atoms with E-state index in [1.807, 2.05) is 24.3 Å². The van der Waals surface area contributed by atoms with Crippen LogP contribution in [0.25, 0.3) is 0 Å². The van der Waals surface area contributed by atoms with E-state index in [2.05, 4.69) is 23.1 Å². The molecule has 1 saturated heterocycles. The van der Waals surface area contributed by atoms with Crippen LogP contribution in [0.4, 0.5) is 0 Å². The summed E-state index contributed by atoms with van der Waals surface area (Å²) in [6.07, 6.45) is 2.86. The van der Waals surface area contributed by atoms with Crippen molar-refractivity contribution in [2.45, 2.75) is 25.8 Å². The summed E-state index contributed by atoms with van der Waals surface area (Å²) in [5, 5.41) is 10.8. The maximum Gasteiger partial charge on any atom is 0.231 e. The molecule has 2 aromatic rings. The predicted molar refractivity (Wildman–Crippen MR) is 102 cm³/mol.